The van der Waals surface area contributed by atoms with E-state index >= 15 is 0 Å². The average molecular weight is 397 g/mol. The van der Waals surface area contributed by atoms with E-state index < -0.39 is 0 Å². The van der Waals surface area contributed by atoms with Crippen LogP contribution in [-0.2, 0) is 29.5 Å². The predicted octanol–water partition coefficient (Wildman–Crippen LogP) is 1.53. The molecule has 1 atom stereocenters. The van der Waals surface area contributed by atoms with Gasteiger partial charge in [0.25, 0.3) is 0 Å². The van der Waals surface area contributed by atoms with Gasteiger partial charge < -0.3 is 19.5 Å². The molecule has 1 aromatic carbocycles. The summed E-state index contributed by atoms with van der Waals surface area (Å²) in [5, 5.41) is 3.30. The molecule has 2 aliphatic heterocycles. The highest BCUT2D eigenvalue weighted by atomic mass is 16.6. The number of aromatic nitrogens is 4. The normalized spacial score (nSPS) is 18.6. The lowest BCUT2D eigenvalue weighted by atomic mass is 10.1. The summed E-state index contributed by atoms with van der Waals surface area (Å²) in [6.45, 7) is 4.71. The van der Waals surface area contributed by atoms with Gasteiger partial charge in [0.15, 0.2) is 5.65 Å². The van der Waals surface area contributed by atoms with Crippen LogP contribution in [0.3, 0.4) is 0 Å². The summed E-state index contributed by atoms with van der Waals surface area (Å²) in [6.07, 6.45) is 2.40. The van der Waals surface area contributed by atoms with E-state index in [1.165, 1.54) is 5.56 Å². The van der Waals surface area contributed by atoms with Crippen molar-refractivity contribution in [1.82, 2.24) is 19.1 Å². The van der Waals surface area contributed by atoms with E-state index in [-0.39, 0.29) is 11.8 Å². The summed E-state index contributed by atoms with van der Waals surface area (Å²) in [5.74, 6) is 1.38. The molecule has 4 heterocycles. The number of ether oxygens (including phenoxy) is 3. The number of aryl methyl sites for hydroxylation is 2. The van der Waals surface area contributed by atoms with Crippen LogP contribution in [0.15, 0.2) is 23.1 Å². The van der Waals surface area contributed by atoms with E-state index in [1.54, 1.807) is 22.4 Å². The van der Waals surface area contributed by atoms with Gasteiger partial charge in [0.2, 0.25) is 5.95 Å². The Morgan fingerprint density at radius 2 is 2.17 bits per heavy atom. The number of hydrogen-bond acceptors (Lipinski definition) is 7. The summed E-state index contributed by atoms with van der Waals surface area (Å²) in [5.41, 5.74) is 4.26. The molecule has 0 amide bonds. The van der Waals surface area contributed by atoms with E-state index in [2.05, 4.69) is 21.4 Å². The van der Waals surface area contributed by atoms with Crippen molar-refractivity contribution < 1.29 is 14.2 Å². The zero-order valence-corrected chi connectivity index (χ0v) is 16.5. The second-order valence-electron chi connectivity index (χ2n) is 7.42. The molecule has 0 spiro atoms. The van der Waals surface area contributed by atoms with Crippen molar-refractivity contribution in [3.63, 3.8) is 0 Å². The molecule has 3 aromatic rings. The highest BCUT2D eigenvalue weighted by molar-refractivity contribution is 5.73. The third-order valence-electron chi connectivity index (χ3n) is 5.44. The topological polar surface area (TPSA) is 92.4 Å². The lowest BCUT2D eigenvalue weighted by Crippen LogP contribution is -2.35. The monoisotopic (exact) mass is 397 g/mol. The Bertz CT molecular complexity index is 1130. The summed E-state index contributed by atoms with van der Waals surface area (Å²) >= 11 is 0. The second-order valence-corrected chi connectivity index (χ2v) is 7.42. The molecule has 0 saturated carbocycles. The largest absolute Gasteiger partial charge is 0.493 e. The van der Waals surface area contributed by atoms with Crippen LogP contribution in [0.1, 0.15) is 11.1 Å². The van der Waals surface area contributed by atoms with Crippen molar-refractivity contribution in [3.8, 4) is 5.75 Å². The molecule has 9 heteroatoms. The molecule has 2 aromatic heterocycles. The third-order valence-corrected chi connectivity index (χ3v) is 5.44. The Labute approximate surface area is 167 Å². The van der Waals surface area contributed by atoms with Gasteiger partial charge >= 0.3 is 5.69 Å². The Morgan fingerprint density at radius 3 is 3.00 bits per heavy atom. The number of anilines is 2. The quantitative estimate of drug-likeness (QED) is 0.714. The van der Waals surface area contributed by atoms with Crippen LogP contribution < -0.4 is 15.7 Å². The first-order chi connectivity index (χ1) is 14.1. The average Bonchev–Trinajstić information content (AvgIpc) is 3.27. The van der Waals surface area contributed by atoms with E-state index in [4.69, 9.17) is 14.2 Å². The molecule has 29 heavy (non-hydrogen) atoms. The van der Waals surface area contributed by atoms with Gasteiger partial charge in [-0.05, 0) is 30.2 Å². The molecule has 0 bridgehead atoms. The van der Waals surface area contributed by atoms with Gasteiger partial charge in [0.1, 0.15) is 11.3 Å². The van der Waals surface area contributed by atoms with Crippen LogP contribution in [0, 0.1) is 6.92 Å². The van der Waals surface area contributed by atoms with Crippen molar-refractivity contribution in [2.24, 2.45) is 7.05 Å². The van der Waals surface area contributed by atoms with Gasteiger partial charge in [0.05, 0.1) is 45.3 Å². The van der Waals surface area contributed by atoms with E-state index in [9.17, 15) is 4.79 Å². The summed E-state index contributed by atoms with van der Waals surface area (Å²) in [4.78, 5) is 21.8. The first kappa shape index (κ1) is 18.1. The minimum atomic E-state index is -0.169. The molecular weight excluding hydrogens is 374 g/mol. The van der Waals surface area contributed by atoms with Crippen molar-refractivity contribution in [2.75, 3.05) is 31.7 Å². The van der Waals surface area contributed by atoms with Crippen LogP contribution >= 0.6 is 0 Å². The Balaban J connectivity index is 1.49. The fourth-order valence-electron chi connectivity index (χ4n) is 3.83. The first-order valence-electron chi connectivity index (χ1n) is 9.75. The highest BCUT2D eigenvalue weighted by Gasteiger charge is 2.21. The van der Waals surface area contributed by atoms with Crippen LogP contribution in [0.5, 0.6) is 5.75 Å². The molecule has 1 saturated heterocycles. The maximum Gasteiger partial charge on any atom is 0.330 e. The van der Waals surface area contributed by atoms with Crippen LogP contribution in [0.25, 0.3) is 11.2 Å². The SMILES string of the molecule is Cc1cc2c(cc1Nc1ncc3c(n1)n(CC1COCCO1)c(=O)n3C)CCO2. The molecule has 1 unspecified atom stereocenters. The van der Waals surface area contributed by atoms with Crippen LogP contribution in [0.2, 0.25) is 0 Å². The number of nitrogens with one attached hydrogen (secondary N) is 1. The summed E-state index contributed by atoms with van der Waals surface area (Å²) < 4.78 is 20.0. The molecular formula is C20H23N5O4. The minimum absolute atomic E-state index is 0.147. The standard InChI is InChI=1S/C20H23N5O4/c1-12-7-17-13(3-4-29-17)8-15(12)22-19-21-9-16-18(23-19)25(20(26)24(16)2)10-14-11-27-5-6-28-14/h7-9,14H,3-6,10-11H2,1-2H3,(H,21,22,23). The number of nitrogens with zero attached hydrogens (tertiary/aromatic N) is 4. The lowest BCUT2D eigenvalue weighted by Gasteiger charge is -2.22. The maximum atomic E-state index is 12.7. The number of imidazole rings is 1. The van der Waals surface area contributed by atoms with Crippen molar-refractivity contribution in [2.45, 2.75) is 26.0 Å². The van der Waals surface area contributed by atoms with E-state index in [0.29, 0.717) is 50.1 Å². The minimum Gasteiger partial charge on any atom is -0.493 e. The Kier molecular flexibility index (Phi) is 4.48. The predicted molar refractivity (Wildman–Crippen MR) is 107 cm³/mol. The Morgan fingerprint density at radius 1 is 1.28 bits per heavy atom. The van der Waals surface area contributed by atoms with Gasteiger partial charge in [0, 0.05) is 19.2 Å². The number of benzene rings is 1. The van der Waals surface area contributed by atoms with Crippen LogP contribution in [-0.4, -0.2) is 51.6 Å². The fraction of sp³-hybridized carbons (Fsp3) is 0.450. The van der Waals surface area contributed by atoms with E-state index in [1.807, 2.05) is 13.0 Å². The van der Waals surface area contributed by atoms with Gasteiger partial charge in [-0.25, -0.2) is 9.78 Å². The number of hydrogen-bond donors (Lipinski definition) is 1. The van der Waals surface area contributed by atoms with Crippen molar-refractivity contribution >= 4 is 22.8 Å². The summed E-state index contributed by atoms with van der Waals surface area (Å²) in [6, 6.07) is 4.11. The lowest BCUT2D eigenvalue weighted by molar-refractivity contribution is -0.0935. The molecule has 0 aliphatic carbocycles. The van der Waals surface area contributed by atoms with Gasteiger partial charge in [-0.1, -0.05) is 0 Å². The fourth-order valence-corrected chi connectivity index (χ4v) is 3.83. The Hall–Kier alpha value is -2.91. The smallest absolute Gasteiger partial charge is 0.330 e. The van der Waals surface area contributed by atoms with Gasteiger partial charge in [-0.2, -0.15) is 4.98 Å². The first-order valence-corrected chi connectivity index (χ1v) is 9.75. The molecule has 2 aliphatic rings. The van der Waals surface area contributed by atoms with Crippen LogP contribution in [0.4, 0.5) is 11.6 Å². The molecule has 5 rings (SSSR count). The molecule has 152 valence electrons. The highest BCUT2D eigenvalue weighted by Crippen LogP contribution is 2.32. The van der Waals surface area contributed by atoms with Crippen molar-refractivity contribution in [1.29, 1.82) is 0 Å². The second kappa shape index (κ2) is 7.16. The molecule has 1 N–H and O–H groups in total. The maximum absolute atomic E-state index is 12.7. The molecule has 9 nitrogen and oxygen atoms in total. The van der Waals surface area contributed by atoms with Gasteiger partial charge in [-0.15, -0.1) is 0 Å². The molecule has 1 fully saturated rings. The zero-order valence-electron chi connectivity index (χ0n) is 16.5. The van der Waals surface area contributed by atoms with Gasteiger partial charge in [-0.3, -0.25) is 9.13 Å². The molecule has 0 radical (unpaired) electrons. The third kappa shape index (κ3) is 3.26. The van der Waals surface area contributed by atoms with Crippen molar-refractivity contribution in [3.05, 3.63) is 39.9 Å². The number of rotatable bonds is 4. The zero-order chi connectivity index (χ0) is 20.0. The number of fused-ring (bicyclic) bond motifs is 2. The summed E-state index contributed by atoms with van der Waals surface area (Å²) in [7, 11) is 1.72. The van der Waals surface area contributed by atoms with E-state index in [0.717, 1.165) is 23.4 Å².